The van der Waals surface area contributed by atoms with Gasteiger partial charge in [-0.15, -0.1) is 0 Å². The zero-order valence-corrected chi connectivity index (χ0v) is 15.3. The van der Waals surface area contributed by atoms with E-state index in [1.807, 2.05) is 30.3 Å². The summed E-state index contributed by atoms with van der Waals surface area (Å²) >= 11 is 1.15. The van der Waals surface area contributed by atoms with Crippen molar-refractivity contribution in [3.63, 3.8) is 0 Å². The third-order valence-corrected chi connectivity index (χ3v) is 5.60. The molecular formula is C18H16N3O3S2-. The summed E-state index contributed by atoms with van der Waals surface area (Å²) in [6.45, 7) is 0. The average molecular weight is 386 g/mol. The lowest BCUT2D eigenvalue weighted by atomic mass is 10.1. The molecule has 134 valence electrons. The van der Waals surface area contributed by atoms with E-state index in [9.17, 15) is 13.2 Å². The lowest BCUT2D eigenvalue weighted by Crippen LogP contribution is -2.12. The number of carbonyl (C=O) groups excluding carboxylic acids is 1. The van der Waals surface area contributed by atoms with Gasteiger partial charge in [-0.25, -0.2) is 8.42 Å². The van der Waals surface area contributed by atoms with Crippen molar-refractivity contribution in [2.24, 2.45) is 0 Å². The maximum Gasteiger partial charge on any atom is 0.224 e. The van der Waals surface area contributed by atoms with Gasteiger partial charge in [0, 0.05) is 17.2 Å². The second kappa shape index (κ2) is 8.11. The number of thiazole rings is 1. The summed E-state index contributed by atoms with van der Waals surface area (Å²) in [6.07, 6.45) is 2.49. The molecule has 3 rings (SSSR count). The third-order valence-electron chi connectivity index (χ3n) is 3.54. The number of nitrogens with zero attached hydrogens (tertiary/aromatic N) is 2. The fourth-order valence-corrected chi connectivity index (χ4v) is 3.92. The Morgan fingerprint density at radius 1 is 1.08 bits per heavy atom. The van der Waals surface area contributed by atoms with Crippen molar-refractivity contribution in [1.82, 2.24) is 4.98 Å². The van der Waals surface area contributed by atoms with Crippen LogP contribution in [0.1, 0.15) is 12.0 Å². The predicted octanol–water partition coefficient (Wildman–Crippen LogP) is 4.11. The number of benzene rings is 2. The van der Waals surface area contributed by atoms with Crippen LogP contribution in [0.15, 0.2) is 71.1 Å². The summed E-state index contributed by atoms with van der Waals surface area (Å²) in [6, 6.07) is 15.7. The number of amides is 1. The number of aromatic nitrogens is 1. The first-order chi connectivity index (χ1) is 12.5. The molecule has 0 aliphatic heterocycles. The molecule has 0 atom stereocenters. The molecule has 0 aliphatic carbocycles. The van der Waals surface area contributed by atoms with Gasteiger partial charge in [0.2, 0.25) is 15.9 Å². The molecule has 0 bridgehead atoms. The van der Waals surface area contributed by atoms with Gasteiger partial charge in [-0.1, -0.05) is 36.5 Å². The molecule has 8 heteroatoms. The van der Waals surface area contributed by atoms with E-state index in [-0.39, 0.29) is 15.9 Å². The molecule has 1 amide bonds. The first-order valence-corrected chi connectivity index (χ1v) is 10.2. The predicted molar refractivity (Wildman–Crippen MR) is 102 cm³/mol. The summed E-state index contributed by atoms with van der Waals surface area (Å²) in [5.41, 5.74) is 1.63. The highest BCUT2D eigenvalue weighted by Gasteiger charge is 2.11. The van der Waals surface area contributed by atoms with Crippen LogP contribution in [0.5, 0.6) is 0 Å². The number of nitrogens with one attached hydrogen (secondary N) is 1. The van der Waals surface area contributed by atoms with Gasteiger partial charge in [-0.2, -0.15) is 11.3 Å². The number of rotatable bonds is 7. The highest BCUT2D eigenvalue weighted by Crippen LogP contribution is 2.29. The molecule has 3 aromatic rings. The highest BCUT2D eigenvalue weighted by molar-refractivity contribution is 7.94. The van der Waals surface area contributed by atoms with Crippen LogP contribution in [0.4, 0.5) is 10.8 Å². The fourth-order valence-electron chi connectivity index (χ4n) is 2.25. The molecule has 0 unspecified atom stereocenters. The van der Waals surface area contributed by atoms with E-state index < -0.39 is 10.0 Å². The topological polar surface area (TPSA) is 90.2 Å². The van der Waals surface area contributed by atoms with Gasteiger partial charge < -0.3 is 15.0 Å². The summed E-state index contributed by atoms with van der Waals surface area (Å²) in [7, 11) is -3.81. The molecular weight excluding hydrogens is 370 g/mol. The molecule has 0 fully saturated rings. The van der Waals surface area contributed by atoms with Crippen molar-refractivity contribution in [1.29, 1.82) is 0 Å². The van der Waals surface area contributed by atoms with Gasteiger partial charge in [-0.3, -0.25) is 4.79 Å². The fraction of sp³-hybridized carbons (Fsp3) is 0.111. The number of sulfonamides is 1. The summed E-state index contributed by atoms with van der Waals surface area (Å²) in [4.78, 5) is 15.9. The Balaban J connectivity index is 1.58. The van der Waals surface area contributed by atoms with E-state index in [0.29, 0.717) is 18.5 Å². The molecule has 26 heavy (non-hydrogen) atoms. The smallest absolute Gasteiger partial charge is 0.224 e. The molecule has 2 aromatic carbocycles. The van der Waals surface area contributed by atoms with Gasteiger partial charge in [0.1, 0.15) is 0 Å². The molecule has 0 radical (unpaired) electrons. The van der Waals surface area contributed by atoms with E-state index in [0.717, 1.165) is 16.9 Å². The van der Waals surface area contributed by atoms with Crippen LogP contribution in [-0.4, -0.2) is 19.3 Å². The van der Waals surface area contributed by atoms with Gasteiger partial charge in [0.25, 0.3) is 0 Å². The Bertz CT molecular complexity index is 955. The second-order valence-corrected chi connectivity index (χ2v) is 7.92. The zero-order chi connectivity index (χ0) is 18.4. The molecule has 1 heterocycles. The first-order valence-electron chi connectivity index (χ1n) is 7.84. The summed E-state index contributed by atoms with van der Waals surface area (Å²) in [5, 5.41) is 4.60. The Labute approximate surface area is 156 Å². The minimum absolute atomic E-state index is 0.0509. The lowest BCUT2D eigenvalue weighted by molar-refractivity contribution is -0.116. The standard InChI is InChI=1S/C18H17N3O3S2/c22-17(11-6-14-4-2-1-3-5-14)20-15-7-9-16(10-8-15)26(23,24)21-18-19-12-13-25-18/h1-5,7-10,12-13H,6,11H2,(H2,19,20,21,22)/p-1. The van der Waals surface area contributed by atoms with Crippen LogP contribution >= 0.6 is 11.3 Å². The Morgan fingerprint density at radius 3 is 2.46 bits per heavy atom. The van der Waals surface area contributed by atoms with Crippen molar-refractivity contribution in [3.05, 3.63) is 76.5 Å². The molecule has 6 nitrogen and oxygen atoms in total. The minimum Gasteiger partial charge on any atom is -0.433 e. The number of hydrogen-bond acceptors (Lipinski definition) is 5. The van der Waals surface area contributed by atoms with Crippen molar-refractivity contribution < 1.29 is 13.2 Å². The van der Waals surface area contributed by atoms with Crippen LogP contribution in [0, 0.1) is 0 Å². The van der Waals surface area contributed by atoms with Gasteiger partial charge >= 0.3 is 0 Å². The van der Waals surface area contributed by atoms with Crippen molar-refractivity contribution in [3.8, 4) is 0 Å². The lowest BCUT2D eigenvalue weighted by Gasteiger charge is -2.12. The first kappa shape index (κ1) is 18.1. The van der Waals surface area contributed by atoms with Crippen LogP contribution < -0.4 is 5.32 Å². The molecule has 0 aliphatic rings. The van der Waals surface area contributed by atoms with Crippen molar-refractivity contribution >= 4 is 38.1 Å². The largest absolute Gasteiger partial charge is 0.433 e. The SMILES string of the molecule is O=C(CCc1ccccc1)Nc1ccc(S(=O)(=O)[N-]c2nccs2)cc1. The maximum atomic E-state index is 12.2. The van der Waals surface area contributed by atoms with E-state index in [2.05, 4.69) is 15.0 Å². The monoisotopic (exact) mass is 386 g/mol. The number of carbonyl (C=O) groups is 1. The van der Waals surface area contributed by atoms with E-state index in [1.54, 1.807) is 17.5 Å². The Kier molecular flexibility index (Phi) is 5.65. The number of aryl methyl sites for hydroxylation is 1. The van der Waals surface area contributed by atoms with Gasteiger partial charge in [-0.05, 0) is 41.6 Å². The number of anilines is 1. The molecule has 0 spiro atoms. The van der Waals surface area contributed by atoms with Gasteiger partial charge in [0.15, 0.2) is 0 Å². The van der Waals surface area contributed by atoms with Crippen LogP contribution in [0.3, 0.4) is 0 Å². The van der Waals surface area contributed by atoms with Gasteiger partial charge in [0.05, 0.1) is 4.90 Å². The highest BCUT2D eigenvalue weighted by atomic mass is 32.2. The third kappa shape index (κ3) is 4.90. The normalized spacial score (nSPS) is 11.1. The molecule has 0 saturated carbocycles. The summed E-state index contributed by atoms with van der Waals surface area (Å²) in [5.74, 6) is -0.128. The average Bonchev–Trinajstić information content (AvgIpc) is 3.14. The van der Waals surface area contributed by atoms with Crippen LogP contribution in [0.25, 0.3) is 4.72 Å². The quantitative estimate of drug-likeness (QED) is 0.662. The molecule has 1 N–H and O–H groups in total. The molecule has 0 saturated heterocycles. The molecule has 1 aromatic heterocycles. The maximum absolute atomic E-state index is 12.2. The Morgan fingerprint density at radius 2 is 1.81 bits per heavy atom. The van der Waals surface area contributed by atoms with Crippen LogP contribution in [0.2, 0.25) is 0 Å². The van der Waals surface area contributed by atoms with E-state index in [1.165, 1.54) is 18.3 Å². The van der Waals surface area contributed by atoms with E-state index in [4.69, 9.17) is 0 Å². The summed E-state index contributed by atoms with van der Waals surface area (Å²) < 4.78 is 28.1. The Hall–Kier alpha value is -2.71. The van der Waals surface area contributed by atoms with E-state index >= 15 is 0 Å². The van der Waals surface area contributed by atoms with Crippen molar-refractivity contribution in [2.45, 2.75) is 17.7 Å². The van der Waals surface area contributed by atoms with Crippen molar-refractivity contribution in [2.75, 3.05) is 5.32 Å². The minimum atomic E-state index is -3.81. The second-order valence-electron chi connectivity index (χ2n) is 5.44. The zero-order valence-electron chi connectivity index (χ0n) is 13.7. The van der Waals surface area contributed by atoms with Crippen LogP contribution in [-0.2, 0) is 21.2 Å². The number of hydrogen-bond donors (Lipinski definition) is 1.